The number of aliphatic hydroxyl groups is 1. The maximum atomic E-state index is 12.0. The molecule has 4 heteroatoms. The van der Waals surface area contributed by atoms with Crippen LogP contribution in [0.4, 0.5) is 0 Å². The predicted molar refractivity (Wildman–Crippen MR) is 98.9 cm³/mol. The van der Waals surface area contributed by atoms with Crippen molar-refractivity contribution >= 4 is 5.97 Å². The highest BCUT2D eigenvalue weighted by atomic mass is 16.5. The molecule has 0 amide bonds. The first-order chi connectivity index (χ1) is 12.4. The van der Waals surface area contributed by atoms with Crippen molar-refractivity contribution in [2.24, 2.45) is 23.2 Å². The third-order valence-corrected chi connectivity index (χ3v) is 7.56. The summed E-state index contributed by atoms with van der Waals surface area (Å²) in [4.78, 5) is 12.0. The van der Waals surface area contributed by atoms with Crippen molar-refractivity contribution in [3.63, 3.8) is 0 Å². The molecule has 0 radical (unpaired) electrons. The molecule has 0 aromatic heterocycles. The summed E-state index contributed by atoms with van der Waals surface area (Å²) in [6.07, 6.45) is 5.03. The molecule has 142 valence electrons. The zero-order valence-electron chi connectivity index (χ0n) is 15.8. The van der Waals surface area contributed by atoms with E-state index in [-0.39, 0.29) is 17.3 Å². The standard InChI is InChI=1S/C22H30O4/c1-3-26-20(24)12-14-11-19-18-6-4-13-10-15(23)5-7-16(13)17(18)8-9-22(19,2)21(14)25/h5,7,10,14,17-19,21,23,25H,3-4,6,8-9,11-12H2,1-2H3/t14-,17-,18-,19+,21+,22+/m1/s1. The van der Waals surface area contributed by atoms with Crippen molar-refractivity contribution in [3.8, 4) is 5.75 Å². The summed E-state index contributed by atoms with van der Waals surface area (Å²) in [6.45, 7) is 4.46. The summed E-state index contributed by atoms with van der Waals surface area (Å²) < 4.78 is 5.13. The van der Waals surface area contributed by atoms with Gasteiger partial charge in [0.2, 0.25) is 0 Å². The number of phenolic OH excluding ortho intramolecular Hbond substituents is 1. The first-order valence-electron chi connectivity index (χ1n) is 10.1. The summed E-state index contributed by atoms with van der Waals surface area (Å²) in [5, 5.41) is 20.8. The Bertz CT molecular complexity index is 699. The van der Waals surface area contributed by atoms with Crippen LogP contribution in [0.25, 0.3) is 0 Å². The molecule has 2 saturated carbocycles. The van der Waals surface area contributed by atoms with Crippen LogP contribution in [-0.4, -0.2) is 28.9 Å². The minimum absolute atomic E-state index is 0.0176. The third kappa shape index (κ3) is 2.74. The molecule has 1 aromatic carbocycles. The number of aliphatic hydroxyl groups excluding tert-OH is 1. The average Bonchev–Trinajstić information content (AvgIpc) is 2.86. The second kappa shape index (κ2) is 6.56. The Morgan fingerprint density at radius 1 is 1.35 bits per heavy atom. The molecule has 3 aliphatic rings. The predicted octanol–water partition coefficient (Wildman–Crippen LogP) is 3.79. The van der Waals surface area contributed by atoms with Crippen molar-refractivity contribution in [1.29, 1.82) is 0 Å². The van der Waals surface area contributed by atoms with Crippen molar-refractivity contribution in [1.82, 2.24) is 0 Å². The third-order valence-electron chi connectivity index (χ3n) is 7.56. The van der Waals surface area contributed by atoms with Gasteiger partial charge >= 0.3 is 5.97 Å². The Kier molecular flexibility index (Phi) is 4.50. The van der Waals surface area contributed by atoms with Crippen molar-refractivity contribution in [2.45, 2.75) is 64.4 Å². The minimum atomic E-state index is -0.418. The van der Waals surface area contributed by atoms with Crippen LogP contribution in [0, 0.1) is 23.2 Å². The van der Waals surface area contributed by atoms with Gasteiger partial charge in [0.1, 0.15) is 5.75 Å². The number of benzene rings is 1. The molecule has 2 N–H and O–H groups in total. The van der Waals surface area contributed by atoms with Gasteiger partial charge in [-0.3, -0.25) is 4.79 Å². The molecule has 3 aliphatic carbocycles. The maximum absolute atomic E-state index is 12.0. The lowest BCUT2D eigenvalue weighted by atomic mass is 9.55. The van der Waals surface area contributed by atoms with Crippen LogP contribution < -0.4 is 0 Å². The molecule has 0 spiro atoms. The van der Waals surface area contributed by atoms with Crippen LogP contribution in [0.2, 0.25) is 0 Å². The Morgan fingerprint density at radius 2 is 2.15 bits per heavy atom. The van der Waals surface area contributed by atoms with E-state index >= 15 is 0 Å². The second-order valence-electron chi connectivity index (χ2n) is 8.79. The van der Waals surface area contributed by atoms with Gasteiger partial charge < -0.3 is 14.9 Å². The van der Waals surface area contributed by atoms with Crippen molar-refractivity contribution in [2.75, 3.05) is 6.61 Å². The number of esters is 1. The van der Waals surface area contributed by atoms with E-state index in [9.17, 15) is 15.0 Å². The van der Waals surface area contributed by atoms with E-state index in [0.717, 1.165) is 32.1 Å². The molecule has 0 heterocycles. The van der Waals surface area contributed by atoms with Gasteiger partial charge in [-0.2, -0.15) is 0 Å². The molecular formula is C22H30O4. The Labute approximate surface area is 155 Å². The molecule has 6 atom stereocenters. The SMILES string of the molecule is CCOC(=O)C[C@H]1C[C@H]2[C@@H]3CCc4cc(O)ccc4[C@H]3CC[C@]2(C)[C@H]1O. The van der Waals surface area contributed by atoms with Crippen LogP contribution >= 0.6 is 0 Å². The van der Waals surface area contributed by atoms with Crippen LogP contribution in [0.3, 0.4) is 0 Å². The maximum Gasteiger partial charge on any atom is 0.306 e. The van der Waals surface area contributed by atoms with E-state index in [0.29, 0.717) is 36.5 Å². The van der Waals surface area contributed by atoms with Crippen LogP contribution in [0.1, 0.15) is 63.0 Å². The van der Waals surface area contributed by atoms with Gasteiger partial charge in [0, 0.05) is 0 Å². The lowest BCUT2D eigenvalue weighted by Gasteiger charge is -2.50. The smallest absolute Gasteiger partial charge is 0.306 e. The summed E-state index contributed by atoms with van der Waals surface area (Å²) in [6, 6.07) is 5.83. The normalized spacial score (nSPS) is 38.2. The number of aromatic hydroxyl groups is 1. The highest BCUT2D eigenvalue weighted by Gasteiger charge is 2.58. The number of fused-ring (bicyclic) bond motifs is 5. The van der Waals surface area contributed by atoms with E-state index in [1.807, 2.05) is 19.1 Å². The lowest BCUT2D eigenvalue weighted by Crippen LogP contribution is -2.44. The van der Waals surface area contributed by atoms with E-state index in [2.05, 4.69) is 13.0 Å². The molecule has 1 aromatic rings. The molecule has 4 rings (SSSR count). The van der Waals surface area contributed by atoms with Crippen LogP contribution in [-0.2, 0) is 16.0 Å². The molecule has 4 nitrogen and oxygen atoms in total. The molecule has 0 unspecified atom stereocenters. The molecule has 0 bridgehead atoms. The van der Waals surface area contributed by atoms with Gasteiger partial charge in [-0.15, -0.1) is 0 Å². The highest BCUT2D eigenvalue weighted by Crippen LogP contribution is 2.62. The number of hydrogen-bond donors (Lipinski definition) is 2. The Balaban J connectivity index is 1.58. The lowest BCUT2D eigenvalue weighted by molar-refractivity contribution is -0.145. The fraction of sp³-hybridized carbons (Fsp3) is 0.682. The number of carbonyl (C=O) groups excluding carboxylic acids is 1. The summed E-state index contributed by atoms with van der Waals surface area (Å²) in [5.74, 6) is 1.73. The van der Waals surface area contributed by atoms with Crippen molar-refractivity contribution < 1.29 is 19.7 Å². The first kappa shape index (κ1) is 17.8. The number of phenols is 1. The summed E-state index contributed by atoms with van der Waals surface area (Å²) in [7, 11) is 0. The zero-order chi connectivity index (χ0) is 18.5. The first-order valence-corrected chi connectivity index (χ1v) is 10.1. The van der Waals surface area contributed by atoms with Crippen LogP contribution in [0.5, 0.6) is 5.75 Å². The highest BCUT2D eigenvalue weighted by molar-refractivity contribution is 5.69. The summed E-state index contributed by atoms with van der Waals surface area (Å²) in [5.41, 5.74) is 2.59. The molecular weight excluding hydrogens is 328 g/mol. The number of ether oxygens (including phenoxy) is 1. The molecule has 26 heavy (non-hydrogen) atoms. The fourth-order valence-electron chi connectivity index (χ4n) is 6.35. The van der Waals surface area contributed by atoms with E-state index in [1.165, 1.54) is 11.1 Å². The van der Waals surface area contributed by atoms with Gasteiger partial charge in [0.05, 0.1) is 19.1 Å². The zero-order valence-corrected chi connectivity index (χ0v) is 15.8. The number of rotatable bonds is 3. The number of hydrogen-bond acceptors (Lipinski definition) is 4. The van der Waals surface area contributed by atoms with E-state index in [1.54, 1.807) is 0 Å². The average molecular weight is 358 g/mol. The van der Waals surface area contributed by atoms with E-state index < -0.39 is 6.10 Å². The van der Waals surface area contributed by atoms with Gasteiger partial charge in [-0.1, -0.05) is 13.0 Å². The van der Waals surface area contributed by atoms with Crippen molar-refractivity contribution in [3.05, 3.63) is 29.3 Å². The number of aryl methyl sites for hydroxylation is 1. The summed E-state index contributed by atoms with van der Waals surface area (Å²) >= 11 is 0. The molecule has 0 saturated heterocycles. The molecule has 0 aliphatic heterocycles. The van der Waals surface area contributed by atoms with Crippen LogP contribution in [0.15, 0.2) is 18.2 Å². The number of carbonyl (C=O) groups is 1. The second-order valence-corrected chi connectivity index (χ2v) is 8.79. The quantitative estimate of drug-likeness (QED) is 0.807. The Morgan fingerprint density at radius 3 is 2.92 bits per heavy atom. The van der Waals surface area contributed by atoms with E-state index in [4.69, 9.17) is 4.74 Å². The van der Waals surface area contributed by atoms with Gasteiger partial charge in [0.25, 0.3) is 0 Å². The molecule has 2 fully saturated rings. The topological polar surface area (TPSA) is 66.8 Å². The fourth-order valence-corrected chi connectivity index (χ4v) is 6.35. The van der Waals surface area contributed by atoms with Gasteiger partial charge in [0.15, 0.2) is 0 Å². The Hall–Kier alpha value is -1.55. The largest absolute Gasteiger partial charge is 0.508 e. The van der Waals surface area contributed by atoms with Gasteiger partial charge in [-0.05, 0) is 91.4 Å². The monoisotopic (exact) mass is 358 g/mol. The minimum Gasteiger partial charge on any atom is -0.508 e. The van der Waals surface area contributed by atoms with Gasteiger partial charge in [-0.25, -0.2) is 0 Å².